The van der Waals surface area contributed by atoms with Gasteiger partial charge >= 0.3 is 0 Å². The predicted octanol–water partition coefficient (Wildman–Crippen LogP) is 2.37. The van der Waals surface area contributed by atoms with Crippen LogP contribution >= 0.6 is 11.3 Å². The number of rotatable bonds is 3. The first kappa shape index (κ1) is 15.7. The number of carbonyl (C=O) groups excluding carboxylic acids is 1. The number of nitrogens with zero attached hydrogens (tertiary/aromatic N) is 4. The van der Waals surface area contributed by atoms with Crippen molar-refractivity contribution in [3.05, 3.63) is 68.9 Å². The molecule has 0 radical (unpaired) electrons. The van der Waals surface area contributed by atoms with E-state index in [1.54, 1.807) is 16.3 Å². The smallest absolute Gasteiger partial charge is 0.273 e. The lowest BCUT2D eigenvalue weighted by Crippen LogP contribution is -2.53. The Morgan fingerprint density at radius 3 is 2.60 bits per heavy atom. The van der Waals surface area contributed by atoms with Crippen LogP contribution < -0.4 is 5.56 Å². The number of hydrogen-bond acceptors (Lipinski definition) is 5. The third-order valence-electron chi connectivity index (χ3n) is 4.23. The van der Waals surface area contributed by atoms with Gasteiger partial charge < -0.3 is 4.90 Å². The van der Waals surface area contributed by atoms with E-state index >= 15 is 0 Å². The highest BCUT2D eigenvalue weighted by Gasteiger charge is 2.34. The van der Waals surface area contributed by atoms with Crippen molar-refractivity contribution < 1.29 is 4.79 Å². The first-order valence-electron chi connectivity index (χ1n) is 7.98. The lowest BCUT2D eigenvalue weighted by Gasteiger charge is -2.38. The molecule has 0 saturated carbocycles. The van der Waals surface area contributed by atoms with Crippen LogP contribution in [-0.4, -0.2) is 38.7 Å². The maximum absolute atomic E-state index is 12.4. The normalized spacial score (nSPS) is 14.4. The van der Waals surface area contributed by atoms with Gasteiger partial charge in [0, 0.05) is 30.1 Å². The fourth-order valence-electron chi connectivity index (χ4n) is 2.85. The van der Waals surface area contributed by atoms with E-state index < -0.39 is 0 Å². The van der Waals surface area contributed by atoms with E-state index in [2.05, 4.69) is 10.1 Å². The molecular weight excluding hydrogens is 336 g/mol. The monoisotopic (exact) mass is 352 g/mol. The van der Waals surface area contributed by atoms with Crippen molar-refractivity contribution in [2.45, 2.75) is 13.0 Å². The van der Waals surface area contributed by atoms with Gasteiger partial charge in [-0.15, -0.1) is 11.3 Å². The molecule has 1 aliphatic rings. The second kappa shape index (κ2) is 6.25. The van der Waals surface area contributed by atoms with Crippen LogP contribution in [0.15, 0.2) is 52.6 Å². The minimum atomic E-state index is -0.152. The molecule has 2 aromatic heterocycles. The number of thiazole rings is 1. The zero-order valence-corrected chi connectivity index (χ0v) is 14.4. The Kier molecular flexibility index (Phi) is 3.93. The Balaban J connectivity index is 1.52. The van der Waals surface area contributed by atoms with E-state index in [1.807, 2.05) is 37.3 Å². The minimum absolute atomic E-state index is 0.0899. The van der Waals surface area contributed by atoms with Crippen molar-refractivity contribution in [1.29, 1.82) is 0 Å². The number of benzene rings is 1. The molecule has 1 aromatic carbocycles. The number of aromatic nitrogens is 3. The van der Waals surface area contributed by atoms with E-state index in [4.69, 9.17) is 0 Å². The first-order chi connectivity index (χ1) is 12.1. The van der Waals surface area contributed by atoms with Gasteiger partial charge in [-0.05, 0) is 13.0 Å². The molecule has 3 aromatic rings. The Labute approximate surface area is 148 Å². The maximum atomic E-state index is 12.4. The third kappa shape index (κ3) is 2.98. The number of hydrogen-bond donors (Lipinski definition) is 0. The largest absolute Gasteiger partial charge is 0.333 e. The molecule has 4 rings (SSSR count). The Bertz CT molecular complexity index is 974. The summed E-state index contributed by atoms with van der Waals surface area (Å²) in [4.78, 5) is 30.4. The molecule has 0 aliphatic carbocycles. The van der Waals surface area contributed by atoms with Gasteiger partial charge in [-0.1, -0.05) is 30.3 Å². The third-order valence-corrected chi connectivity index (χ3v) is 5.00. The zero-order valence-electron chi connectivity index (χ0n) is 13.6. The summed E-state index contributed by atoms with van der Waals surface area (Å²) in [6.45, 7) is 2.82. The van der Waals surface area contributed by atoms with Gasteiger partial charge in [0.25, 0.3) is 11.5 Å². The van der Waals surface area contributed by atoms with Crippen LogP contribution in [0, 0.1) is 6.92 Å². The van der Waals surface area contributed by atoms with Gasteiger partial charge in [0.1, 0.15) is 5.69 Å². The topological polar surface area (TPSA) is 68.1 Å². The Morgan fingerprint density at radius 2 is 1.92 bits per heavy atom. The molecule has 0 atom stereocenters. The molecular formula is C18H16N4O2S. The molecule has 6 nitrogen and oxygen atoms in total. The molecule has 1 saturated heterocycles. The van der Waals surface area contributed by atoms with E-state index in [1.165, 1.54) is 22.1 Å². The van der Waals surface area contributed by atoms with E-state index in [-0.39, 0.29) is 17.5 Å². The SMILES string of the molecule is Cc1nc(C(=O)N2CC(n3nc(-c4ccccc4)ccc3=O)C2)cs1. The summed E-state index contributed by atoms with van der Waals surface area (Å²) in [5.41, 5.74) is 2.03. The van der Waals surface area contributed by atoms with Gasteiger partial charge in [-0.2, -0.15) is 5.10 Å². The van der Waals surface area contributed by atoms with Crippen LogP contribution in [0.1, 0.15) is 21.5 Å². The van der Waals surface area contributed by atoms with E-state index in [0.29, 0.717) is 18.8 Å². The summed E-state index contributed by atoms with van der Waals surface area (Å²) in [6, 6.07) is 12.9. The molecule has 3 heterocycles. The maximum Gasteiger partial charge on any atom is 0.273 e. The van der Waals surface area contributed by atoms with Gasteiger partial charge in [0.15, 0.2) is 0 Å². The molecule has 1 aliphatic heterocycles. The van der Waals surface area contributed by atoms with Gasteiger partial charge in [0.05, 0.1) is 16.7 Å². The number of carbonyl (C=O) groups is 1. The molecule has 1 fully saturated rings. The van der Waals surface area contributed by atoms with Crippen molar-refractivity contribution >= 4 is 17.2 Å². The van der Waals surface area contributed by atoms with Gasteiger partial charge in [-0.3, -0.25) is 9.59 Å². The summed E-state index contributed by atoms with van der Waals surface area (Å²) >= 11 is 1.46. The minimum Gasteiger partial charge on any atom is -0.333 e. The Morgan fingerprint density at radius 1 is 1.16 bits per heavy atom. The lowest BCUT2D eigenvalue weighted by atomic mass is 10.1. The van der Waals surface area contributed by atoms with Crippen molar-refractivity contribution in [1.82, 2.24) is 19.7 Å². The predicted molar refractivity (Wildman–Crippen MR) is 95.7 cm³/mol. The fourth-order valence-corrected chi connectivity index (χ4v) is 3.44. The number of aryl methyl sites for hydroxylation is 1. The van der Waals surface area contributed by atoms with Crippen LogP contribution in [0.25, 0.3) is 11.3 Å². The average Bonchev–Trinajstić information content (AvgIpc) is 3.02. The standard InChI is InChI=1S/C18H16N4O2S/c1-12-19-16(11-25-12)18(24)21-9-14(10-21)22-17(23)8-7-15(20-22)13-5-3-2-4-6-13/h2-8,11,14H,9-10H2,1H3. The Hall–Kier alpha value is -2.80. The molecule has 7 heteroatoms. The zero-order chi connectivity index (χ0) is 17.4. The van der Waals surface area contributed by atoms with Crippen LogP contribution in [0.3, 0.4) is 0 Å². The molecule has 0 spiro atoms. The van der Waals surface area contributed by atoms with Crippen molar-refractivity contribution in [3.63, 3.8) is 0 Å². The number of likely N-dealkylation sites (tertiary alicyclic amines) is 1. The van der Waals surface area contributed by atoms with Crippen molar-refractivity contribution in [3.8, 4) is 11.3 Å². The van der Waals surface area contributed by atoms with Crippen molar-refractivity contribution in [2.24, 2.45) is 0 Å². The van der Waals surface area contributed by atoms with Gasteiger partial charge in [-0.25, -0.2) is 9.67 Å². The lowest BCUT2D eigenvalue weighted by molar-refractivity contribution is 0.0488. The quantitative estimate of drug-likeness (QED) is 0.726. The highest BCUT2D eigenvalue weighted by Crippen LogP contribution is 2.23. The second-order valence-corrected chi connectivity index (χ2v) is 7.05. The highest BCUT2D eigenvalue weighted by atomic mass is 32.1. The van der Waals surface area contributed by atoms with Crippen LogP contribution in [0.2, 0.25) is 0 Å². The fraction of sp³-hybridized carbons (Fsp3) is 0.222. The molecule has 0 unspecified atom stereocenters. The summed E-state index contributed by atoms with van der Waals surface area (Å²) in [5, 5.41) is 7.13. The molecule has 0 bridgehead atoms. The summed E-state index contributed by atoms with van der Waals surface area (Å²) in [5.74, 6) is -0.0899. The molecule has 126 valence electrons. The van der Waals surface area contributed by atoms with Gasteiger partial charge in [0.2, 0.25) is 0 Å². The van der Waals surface area contributed by atoms with Crippen LogP contribution in [-0.2, 0) is 0 Å². The molecule has 25 heavy (non-hydrogen) atoms. The average molecular weight is 352 g/mol. The highest BCUT2D eigenvalue weighted by molar-refractivity contribution is 7.09. The van der Waals surface area contributed by atoms with Crippen LogP contribution in [0.4, 0.5) is 0 Å². The summed E-state index contributed by atoms with van der Waals surface area (Å²) in [7, 11) is 0. The first-order valence-corrected chi connectivity index (χ1v) is 8.86. The second-order valence-electron chi connectivity index (χ2n) is 5.98. The summed E-state index contributed by atoms with van der Waals surface area (Å²) < 4.78 is 1.48. The van der Waals surface area contributed by atoms with Crippen LogP contribution in [0.5, 0.6) is 0 Å². The molecule has 0 N–H and O–H groups in total. The molecule has 1 amide bonds. The van der Waals surface area contributed by atoms with E-state index in [9.17, 15) is 9.59 Å². The summed E-state index contributed by atoms with van der Waals surface area (Å²) in [6.07, 6.45) is 0. The van der Waals surface area contributed by atoms with E-state index in [0.717, 1.165) is 16.3 Å². The van der Waals surface area contributed by atoms with Crippen molar-refractivity contribution in [2.75, 3.05) is 13.1 Å². The number of amides is 1.